The van der Waals surface area contributed by atoms with Gasteiger partial charge in [-0.05, 0) is 25.5 Å². The number of benzene rings is 1. The maximum Gasteiger partial charge on any atom is 0.339 e. The first-order chi connectivity index (χ1) is 9.08. The second-order valence-corrected chi connectivity index (χ2v) is 4.29. The fraction of sp³-hybridized carbons (Fsp3) is 0.125. The van der Waals surface area contributed by atoms with Crippen molar-refractivity contribution >= 4 is 17.8 Å². The van der Waals surface area contributed by atoms with Crippen LogP contribution in [0.1, 0.15) is 19.4 Å². The van der Waals surface area contributed by atoms with Crippen LogP contribution < -0.4 is 0 Å². The average Bonchev–Trinajstić information content (AvgIpc) is 2.65. The summed E-state index contributed by atoms with van der Waals surface area (Å²) in [5, 5.41) is 0. The van der Waals surface area contributed by atoms with Crippen LogP contribution in [0.3, 0.4) is 0 Å². The fourth-order valence-corrected chi connectivity index (χ4v) is 1.65. The Morgan fingerprint density at radius 1 is 1.11 bits per heavy atom. The number of ether oxygens (including phenoxy) is 1. The van der Waals surface area contributed by atoms with E-state index in [1.165, 1.54) is 12.2 Å². The molecule has 0 radical (unpaired) electrons. The number of hydrogen-bond acceptors (Lipinski definition) is 3. The lowest BCUT2D eigenvalue weighted by Crippen LogP contribution is -1.96. The van der Waals surface area contributed by atoms with Crippen LogP contribution in [0.4, 0.5) is 0 Å². The molecule has 0 saturated heterocycles. The van der Waals surface area contributed by atoms with Crippen molar-refractivity contribution in [3.63, 3.8) is 0 Å². The molecule has 0 fully saturated rings. The van der Waals surface area contributed by atoms with Gasteiger partial charge in [-0.3, -0.25) is 4.79 Å². The third-order valence-corrected chi connectivity index (χ3v) is 2.95. The molecule has 0 aromatic heterocycles. The molecule has 3 heteroatoms. The zero-order valence-electron chi connectivity index (χ0n) is 10.8. The van der Waals surface area contributed by atoms with Crippen LogP contribution in [0.25, 0.3) is 6.08 Å². The number of carbonyl (C=O) groups excluding carboxylic acids is 2. The summed E-state index contributed by atoms with van der Waals surface area (Å²) in [6.07, 6.45) is 4.52. The second kappa shape index (κ2) is 5.48. The first-order valence-corrected chi connectivity index (χ1v) is 5.97. The number of ketones is 1. The Labute approximate surface area is 111 Å². The minimum absolute atomic E-state index is 0.208. The zero-order chi connectivity index (χ0) is 13.8. The van der Waals surface area contributed by atoms with E-state index < -0.39 is 0 Å². The minimum Gasteiger partial charge on any atom is -0.423 e. The predicted octanol–water partition coefficient (Wildman–Crippen LogP) is 3.05. The molecule has 1 aromatic rings. The summed E-state index contributed by atoms with van der Waals surface area (Å²) >= 11 is 0. The van der Waals surface area contributed by atoms with Gasteiger partial charge in [0.2, 0.25) is 0 Å². The summed E-state index contributed by atoms with van der Waals surface area (Å²) in [7, 11) is 0. The molecule has 1 aliphatic rings. The van der Waals surface area contributed by atoms with E-state index in [0.717, 1.165) is 5.56 Å². The van der Waals surface area contributed by atoms with Gasteiger partial charge >= 0.3 is 5.97 Å². The summed E-state index contributed by atoms with van der Waals surface area (Å²) in [4.78, 5) is 23.1. The van der Waals surface area contributed by atoms with E-state index in [9.17, 15) is 9.59 Å². The van der Waals surface area contributed by atoms with E-state index >= 15 is 0 Å². The molecule has 1 aromatic carbocycles. The summed E-state index contributed by atoms with van der Waals surface area (Å²) in [5.41, 5.74) is 2.21. The Bertz CT molecular complexity index is 604. The highest BCUT2D eigenvalue weighted by Crippen LogP contribution is 2.25. The third kappa shape index (κ3) is 3.07. The van der Waals surface area contributed by atoms with Crippen molar-refractivity contribution in [2.45, 2.75) is 13.8 Å². The Morgan fingerprint density at radius 2 is 1.79 bits per heavy atom. The summed E-state index contributed by atoms with van der Waals surface area (Å²) in [5.74, 6) is -0.255. The minimum atomic E-state index is -0.386. The van der Waals surface area contributed by atoms with Crippen molar-refractivity contribution in [2.75, 3.05) is 0 Å². The molecule has 0 unspecified atom stereocenters. The predicted molar refractivity (Wildman–Crippen MR) is 73.0 cm³/mol. The van der Waals surface area contributed by atoms with Crippen LogP contribution in [0.15, 0.2) is 59.4 Å². The highest BCUT2D eigenvalue weighted by molar-refractivity contribution is 6.04. The normalized spacial score (nSPS) is 17.4. The molecular weight excluding hydrogens is 240 g/mol. The van der Waals surface area contributed by atoms with E-state index in [-0.39, 0.29) is 11.8 Å². The molecule has 0 bridgehead atoms. The van der Waals surface area contributed by atoms with Gasteiger partial charge in [0.1, 0.15) is 5.76 Å². The molecule has 0 aliphatic carbocycles. The molecule has 3 nitrogen and oxygen atoms in total. The maximum atomic E-state index is 11.8. The van der Waals surface area contributed by atoms with Crippen LogP contribution >= 0.6 is 0 Å². The Kier molecular flexibility index (Phi) is 3.76. The first kappa shape index (κ1) is 13.0. The van der Waals surface area contributed by atoms with Crippen LogP contribution in [-0.4, -0.2) is 11.8 Å². The summed E-state index contributed by atoms with van der Waals surface area (Å²) < 4.78 is 5.00. The van der Waals surface area contributed by atoms with Gasteiger partial charge in [-0.2, -0.15) is 0 Å². The van der Waals surface area contributed by atoms with Gasteiger partial charge in [0, 0.05) is 17.2 Å². The Morgan fingerprint density at radius 3 is 2.37 bits per heavy atom. The second-order valence-electron chi connectivity index (χ2n) is 4.29. The fourth-order valence-electron chi connectivity index (χ4n) is 1.65. The Balaban J connectivity index is 2.11. The first-order valence-electron chi connectivity index (χ1n) is 5.97. The topological polar surface area (TPSA) is 43.4 Å². The lowest BCUT2D eigenvalue weighted by Gasteiger charge is -1.96. The standard InChI is InChI=1S/C16H14O3/c1-11-12(2)16(18)19-15(11)10-14(17)9-8-13-6-4-3-5-7-13/h3-10H,1-2H3/b9-8+,15-10-. The summed E-state index contributed by atoms with van der Waals surface area (Å²) in [6.45, 7) is 3.45. The molecule has 0 amide bonds. The van der Waals surface area contributed by atoms with Gasteiger partial charge in [0.25, 0.3) is 0 Å². The van der Waals surface area contributed by atoms with Crippen molar-refractivity contribution < 1.29 is 14.3 Å². The molecule has 1 heterocycles. The SMILES string of the molecule is CC1=C(C)/C(=C/C(=O)/C=C/c2ccccc2)OC1=O. The van der Waals surface area contributed by atoms with Crippen LogP contribution in [0, 0.1) is 0 Å². The van der Waals surface area contributed by atoms with Crippen molar-refractivity contribution in [2.24, 2.45) is 0 Å². The monoisotopic (exact) mass is 254 g/mol. The highest BCUT2D eigenvalue weighted by Gasteiger charge is 2.23. The van der Waals surface area contributed by atoms with Crippen molar-refractivity contribution in [1.29, 1.82) is 0 Å². The maximum absolute atomic E-state index is 11.8. The lowest BCUT2D eigenvalue weighted by molar-refractivity contribution is -0.133. The lowest BCUT2D eigenvalue weighted by atomic mass is 10.1. The van der Waals surface area contributed by atoms with Gasteiger partial charge in [-0.25, -0.2) is 4.79 Å². The number of hydrogen-bond donors (Lipinski definition) is 0. The largest absolute Gasteiger partial charge is 0.423 e. The molecule has 0 spiro atoms. The van der Waals surface area contributed by atoms with Crippen molar-refractivity contribution in [3.05, 3.63) is 65.0 Å². The van der Waals surface area contributed by atoms with Crippen LogP contribution in [-0.2, 0) is 14.3 Å². The molecule has 2 rings (SSSR count). The van der Waals surface area contributed by atoms with Gasteiger partial charge < -0.3 is 4.74 Å². The smallest absolute Gasteiger partial charge is 0.339 e. The van der Waals surface area contributed by atoms with E-state index in [1.807, 2.05) is 30.3 Å². The molecule has 1 aliphatic heterocycles. The van der Waals surface area contributed by atoms with E-state index in [0.29, 0.717) is 16.9 Å². The molecule has 0 atom stereocenters. The Hall–Kier alpha value is -2.42. The summed E-state index contributed by atoms with van der Waals surface area (Å²) in [6, 6.07) is 9.52. The zero-order valence-corrected chi connectivity index (χ0v) is 10.8. The molecule has 96 valence electrons. The number of cyclic esters (lactones) is 1. The van der Waals surface area contributed by atoms with Gasteiger partial charge in [0.05, 0.1) is 0 Å². The third-order valence-electron chi connectivity index (χ3n) is 2.95. The number of carbonyl (C=O) groups is 2. The van der Waals surface area contributed by atoms with E-state index in [2.05, 4.69) is 0 Å². The molecule has 19 heavy (non-hydrogen) atoms. The number of esters is 1. The van der Waals surface area contributed by atoms with E-state index in [1.54, 1.807) is 19.9 Å². The van der Waals surface area contributed by atoms with Gasteiger partial charge in [-0.15, -0.1) is 0 Å². The number of rotatable bonds is 3. The number of allylic oxidation sites excluding steroid dienone is 3. The van der Waals surface area contributed by atoms with Gasteiger partial charge in [-0.1, -0.05) is 36.4 Å². The van der Waals surface area contributed by atoms with Crippen molar-refractivity contribution in [1.82, 2.24) is 0 Å². The quantitative estimate of drug-likeness (QED) is 0.615. The van der Waals surface area contributed by atoms with Crippen molar-refractivity contribution in [3.8, 4) is 0 Å². The molecular formula is C16H14O3. The van der Waals surface area contributed by atoms with Crippen LogP contribution in [0.2, 0.25) is 0 Å². The average molecular weight is 254 g/mol. The molecule has 0 saturated carbocycles. The highest BCUT2D eigenvalue weighted by atomic mass is 16.5. The molecule has 0 N–H and O–H groups in total. The van der Waals surface area contributed by atoms with Gasteiger partial charge in [0.15, 0.2) is 5.78 Å². The van der Waals surface area contributed by atoms with E-state index in [4.69, 9.17) is 4.74 Å². The van der Waals surface area contributed by atoms with Crippen LogP contribution in [0.5, 0.6) is 0 Å².